The smallest absolute Gasteiger partial charge is 0.405 e. The molecule has 3 aromatic rings. The first-order valence-corrected chi connectivity index (χ1v) is 11.3. The first-order valence-electron chi connectivity index (χ1n) is 11.3. The Morgan fingerprint density at radius 1 is 1.30 bits per heavy atom. The number of amides is 1. The van der Waals surface area contributed by atoms with Gasteiger partial charge in [-0.05, 0) is 24.6 Å². The quantitative estimate of drug-likeness (QED) is 0.432. The average Bonchev–Trinajstić information content (AvgIpc) is 3.45. The van der Waals surface area contributed by atoms with Crippen molar-refractivity contribution >= 4 is 22.8 Å². The molecule has 1 aromatic carbocycles. The fourth-order valence-corrected chi connectivity index (χ4v) is 4.63. The summed E-state index contributed by atoms with van der Waals surface area (Å²) in [6.07, 6.45) is -6.23. The van der Waals surface area contributed by atoms with Crippen LogP contribution in [0.1, 0.15) is 34.9 Å². The summed E-state index contributed by atoms with van der Waals surface area (Å²) in [6, 6.07) is 0.646. The molecule has 2 aliphatic heterocycles. The molecule has 198 valence electrons. The molecule has 0 aliphatic carbocycles. The van der Waals surface area contributed by atoms with E-state index in [0.717, 1.165) is 23.1 Å². The Morgan fingerprint density at radius 2 is 2.11 bits per heavy atom. The molecule has 0 bridgehead atoms. The van der Waals surface area contributed by atoms with E-state index in [1.165, 1.54) is 6.33 Å². The van der Waals surface area contributed by atoms with Gasteiger partial charge < -0.3 is 24.8 Å². The van der Waals surface area contributed by atoms with E-state index in [1.807, 2.05) is 0 Å². The third-order valence-electron chi connectivity index (χ3n) is 6.28. The van der Waals surface area contributed by atoms with Crippen LogP contribution in [-0.4, -0.2) is 80.5 Å². The highest BCUT2D eigenvalue weighted by Crippen LogP contribution is 2.41. The molecule has 0 saturated carbocycles. The van der Waals surface area contributed by atoms with Crippen molar-refractivity contribution in [3.05, 3.63) is 41.6 Å². The van der Waals surface area contributed by atoms with Gasteiger partial charge in [0.25, 0.3) is 5.91 Å². The number of alkyl halides is 4. The number of ether oxygens (including phenoxy) is 2. The first-order chi connectivity index (χ1) is 17.6. The van der Waals surface area contributed by atoms with Crippen LogP contribution < -0.4 is 10.1 Å². The van der Waals surface area contributed by atoms with Gasteiger partial charge in [0.15, 0.2) is 5.65 Å². The number of aromatic nitrogens is 4. The average molecular weight is 528 g/mol. The van der Waals surface area contributed by atoms with Crippen molar-refractivity contribution < 1.29 is 41.3 Å². The number of fused-ring (bicyclic) bond motifs is 1. The maximum atomic E-state index is 14.6. The first kappa shape index (κ1) is 25.1. The summed E-state index contributed by atoms with van der Waals surface area (Å²) < 4.78 is 76.8. The van der Waals surface area contributed by atoms with E-state index in [1.54, 1.807) is 0 Å². The molecule has 0 radical (unpaired) electrons. The summed E-state index contributed by atoms with van der Waals surface area (Å²) in [5.41, 5.74) is -0.371. The summed E-state index contributed by atoms with van der Waals surface area (Å²) in [4.78, 5) is 22.8. The number of hydrogen-bond donors (Lipinski definition) is 3. The number of anilines is 1. The van der Waals surface area contributed by atoms with Crippen molar-refractivity contribution in [2.24, 2.45) is 0 Å². The van der Waals surface area contributed by atoms with Gasteiger partial charge in [-0.15, -0.1) is 13.2 Å². The van der Waals surface area contributed by atoms with E-state index < -0.39 is 54.7 Å². The number of likely N-dealkylation sites (tertiary alicyclic amines) is 1. The molecule has 5 rings (SSSR count). The van der Waals surface area contributed by atoms with Crippen molar-refractivity contribution in [1.29, 1.82) is 0 Å². The molecule has 2 aliphatic rings. The van der Waals surface area contributed by atoms with Crippen LogP contribution >= 0.6 is 0 Å². The SMILES string of the molecule is O=C(c1[nH]nc2ncnc(N[C@@H]3CCOC[C@H]3O)c12)N1C[C@@H](F)C[C@@H]1c1cc(F)ccc1OC(F)(F)F. The largest absolute Gasteiger partial charge is 0.573 e. The molecule has 4 heterocycles. The van der Waals surface area contributed by atoms with Crippen LogP contribution in [0.25, 0.3) is 11.0 Å². The van der Waals surface area contributed by atoms with Gasteiger partial charge in [0.05, 0.1) is 36.7 Å². The zero-order chi connectivity index (χ0) is 26.3. The number of aliphatic hydroxyl groups is 1. The van der Waals surface area contributed by atoms with E-state index in [9.17, 15) is 31.9 Å². The van der Waals surface area contributed by atoms with E-state index in [2.05, 4.69) is 30.2 Å². The fourth-order valence-electron chi connectivity index (χ4n) is 4.63. The van der Waals surface area contributed by atoms with E-state index in [0.29, 0.717) is 13.0 Å². The highest BCUT2D eigenvalue weighted by atomic mass is 19.4. The lowest BCUT2D eigenvalue weighted by molar-refractivity contribution is -0.275. The van der Waals surface area contributed by atoms with Gasteiger partial charge in [0, 0.05) is 18.6 Å². The number of H-pyrrole nitrogens is 1. The van der Waals surface area contributed by atoms with Crippen LogP contribution in [0.5, 0.6) is 5.75 Å². The predicted octanol–water partition coefficient (Wildman–Crippen LogP) is 2.88. The molecule has 0 unspecified atom stereocenters. The number of halogens is 5. The minimum atomic E-state index is -5.08. The van der Waals surface area contributed by atoms with Gasteiger partial charge in [-0.3, -0.25) is 9.89 Å². The van der Waals surface area contributed by atoms with Crippen molar-refractivity contribution in [2.45, 2.75) is 43.6 Å². The Bertz CT molecular complexity index is 1300. The van der Waals surface area contributed by atoms with Gasteiger partial charge >= 0.3 is 6.36 Å². The molecule has 3 N–H and O–H groups in total. The van der Waals surface area contributed by atoms with Gasteiger partial charge in [-0.1, -0.05) is 0 Å². The highest BCUT2D eigenvalue weighted by molar-refractivity contribution is 6.08. The minimum Gasteiger partial charge on any atom is -0.405 e. The third kappa shape index (κ3) is 5.13. The molecule has 4 atom stereocenters. The van der Waals surface area contributed by atoms with Gasteiger partial charge in [-0.2, -0.15) is 5.10 Å². The molecule has 15 heteroatoms. The molecule has 2 aromatic heterocycles. The molecule has 37 heavy (non-hydrogen) atoms. The van der Waals surface area contributed by atoms with Gasteiger partial charge in [0.2, 0.25) is 0 Å². The second-order valence-corrected chi connectivity index (χ2v) is 8.74. The molecule has 2 saturated heterocycles. The number of carbonyl (C=O) groups is 1. The Labute approximate surface area is 205 Å². The lowest BCUT2D eigenvalue weighted by Crippen LogP contribution is -2.42. The van der Waals surface area contributed by atoms with Gasteiger partial charge in [0.1, 0.15) is 35.6 Å². The number of hydrogen-bond acceptors (Lipinski definition) is 8. The Balaban J connectivity index is 1.51. The van der Waals surface area contributed by atoms with Crippen molar-refractivity contribution in [3.8, 4) is 5.75 Å². The zero-order valence-corrected chi connectivity index (χ0v) is 19.0. The normalized spacial score (nSPS) is 24.4. The standard InChI is InChI=1S/C22H21F5N6O4/c23-10-1-2-16(37-22(25,26)27)12(5-10)14-6-11(24)7-33(14)21(35)18-17-19(28-9-29-20(17)32-31-18)30-13-3-4-36-8-15(13)34/h1-2,5,9,11,13-15,34H,3-4,6-8H2,(H2,28,29,30,31,32)/t11-,13+,14+,15+/m0/s1. The van der Waals surface area contributed by atoms with Crippen LogP contribution in [0, 0.1) is 5.82 Å². The Morgan fingerprint density at radius 3 is 2.86 bits per heavy atom. The highest BCUT2D eigenvalue weighted by Gasteiger charge is 2.41. The summed E-state index contributed by atoms with van der Waals surface area (Å²) >= 11 is 0. The number of carbonyl (C=O) groups excluding carboxylic acids is 1. The molecule has 2 fully saturated rings. The number of nitrogens with zero attached hydrogens (tertiary/aromatic N) is 4. The molecule has 0 spiro atoms. The van der Waals surface area contributed by atoms with Crippen LogP contribution in [0.2, 0.25) is 0 Å². The van der Waals surface area contributed by atoms with Gasteiger partial charge in [-0.25, -0.2) is 18.7 Å². The second kappa shape index (κ2) is 9.70. The topological polar surface area (TPSA) is 125 Å². The lowest BCUT2D eigenvalue weighted by atomic mass is 10.0. The number of aliphatic hydroxyl groups excluding tert-OH is 1. The van der Waals surface area contributed by atoms with Crippen LogP contribution in [-0.2, 0) is 4.74 Å². The van der Waals surface area contributed by atoms with E-state index in [-0.39, 0.29) is 41.1 Å². The van der Waals surface area contributed by atoms with Crippen LogP contribution in [0.4, 0.5) is 27.8 Å². The Hall–Kier alpha value is -3.59. The van der Waals surface area contributed by atoms with Crippen LogP contribution in [0.15, 0.2) is 24.5 Å². The van der Waals surface area contributed by atoms with Crippen molar-refractivity contribution in [3.63, 3.8) is 0 Å². The lowest BCUT2D eigenvalue weighted by Gasteiger charge is -2.29. The summed E-state index contributed by atoms with van der Waals surface area (Å²) in [6.45, 7) is 0.0386. The van der Waals surface area contributed by atoms with E-state index in [4.69, 9.17) is 4.74 Å². The maximum absolute atomic E-state index is 14.6. The number of benzene rings is 1. The molecule has 10 nitrogen and oxygen atoms in total. The summed E-state index contributed by atoms with van der Waals surface area (Å²) in [5.74, 6) is -2.24. The molecule has 1 amide bonds. The maximum Gasteiger partial charge on any atom is 0.573 e. The van der Waals surface area contributed by atoms with Crippen molar-refractivity contribution in [1.82, 2.24) is 25.1 Å². The van der Waals surface area contributed by atoms with E-state index >= 15 is 0 Å². The minimum absolute atomic E-state index is 0.0989. The van der Waals surface area contributed by atoms with Crippen LogP contribution in [0.3, 0.4) is 0 Å². The number of aromatic amines is 1. The second-order valence-electron chi connectivity index (χ2n) is 8.74. The summed E-state index contributed by atoms with van der Waals surface area (Å²) in [5, 5.41) is 20.0. The summed E-state index contributed by atoms with van der Waals surface area (Å²) in [7, 11) is 0. The molecular formula is C22H21F5N6O4. The number of rotatable bonds is 5. The Kier molecular flexibility index (Phi) is 6.58. The zero-order valence-electron chi connectivity index (χ0n) is 19.0. The predicted molar refractivity (Wildman–Crippen MR) is 117 cm³/mol. The van der Waals surface area contributed by atoms with Crippen molar-refractivity contribution in [2.75, 3.05) is 25.1 Å². The fraction of sp³-hybridized carbons (Fsp3) is 0.455. The monoisotopic (exact) mass is 528 g/mol. The third-order valence-corrected chi connectivity index (χ3v) is 6.28. The number of nitrogens with one attached hydrogen (secondary N) is 2. The molecular weight excluding hydrogens is 507 g/mol.